The molecule has 6 heteroatoms. The Kier molecular flexibility index (Phi) is 7.63. The summed E-state index contributed by atoms with van der Waals surface area (Å²) in [5, 5.41) is 3.01. The van der Waals surface area contributed by atoms with Crippen LogP contribution in [-0.2, 0) is 16.0 Å². The van der Waals surface area contributed by atoms with Crippen molar-refractivity contribution in [3.63, 3.8) is 0 Å². The van der Waals surface area contributed by atoms with Crippen molar-refractivity contribution in [2.45, 2.75) is 13.3 Å². The summed E-state index contributed by atoms with van der Waals surface area (Å²) < 4.78 is 5.31. The number of benzene rings is 2. The Morgan fingerprint density at radius 3 is 2.47 bits per heavy atom. The van der Waals surface area contributed by atoms with Gasteiger partial charge >= 0.3 is 0 Å². The van der Waals surface area contributed by atoms with Crippen molar-refractivity contribution >= 4 is 23.6 Å². The van der Waals surface area contributed by atoms with Crippen molar-refractivity contribution in [2.24, 2.45) is 0 Å². The van der Waals surface area contributed by atoms with Gasteiger partial charge in [-0.25, -0.2) is 0 Å². The average Bonchev–Trinajstić information content (AvgIpc) is 2.78. The molecule has 1 fully saturated rings. The summed E-state index contributed by atoms with van der Waals surface area (Å²) in [6, 6.07) is 15.5. The Labute approximate surface area is 178 Å². The fourth-order valence-electron chi connectivity index (χ4n) is 3.54. The van der Waals surface area contributed by atoms with Crippen LogP contribution in [0.3, 0.4) is 0 Å². The first kappa shape index (κ1) is 21.6. The number of piperazine rings is 1. The smallest absolute Gasteiger partial charge is 0.246 e. The van der Waals surface area contributed by atoms with Gasteiger partial charge in [-0.2, -0.15) is 0 Å². The van der Waals surface area contributed by atoms with Gasteiger partial charge in [-0.1, -0.05) is 43.3 Å². The van der Waals surface area contributed by atoms with Crippen molar-refractivity contribution < 1.29 is 14.3 Å². The molecule has 30 heavy (non-hydrogen) atoms. The van der Waals surface area contributed by atoms with Crippen LogP contribution >= 0.6 is 0 Å². The average molecular weight is 408 g/mol. The normalized spacial score (nSPS) is 14.7. The molecule has 0 aliphatic carbocycles. The van der Waals surface area contributed by atoms with Gasteiger partial charge in [-0.15, -0.1) is 0 Å². The number of hydrogen-bond donors (Lipinski definition) is 1. The first-order valence-corrected chi connectivity index (χ1v) is 10.3. The van der Waals surface area contributed by atoms with E-state index in [2.05, 4.69) is 17.1 Å². The van der Waals surface area contributed by atoms with Crippen LogP contribution < -0.4 is 10.1 Å². The van der Waals surface area contributed by atoms with E-state index in [9.17, 15) is 9.59 Å². The number of nitrogens with one attached hydrogen (secondary N) is 1. The third-order valence-corrected chi connectivity index (χ3v) is 5.27. The number of nitrogens with zero attached hydrogens (tertiary/aromatic N) is 2. The highest BCUT2D eigenvalue weighted by molar-refractivity contribution is 5.93. The van der Waals surface area contributed by atoms with E-state index in [1.807, 2.05) is 53.4 Å². The molecule has 1 heterocycles. The molecule has 0 aromatic heterocycles. The van der Waals surface area contributed by atoms with E-state index in [1.54, 1.807) is 19.3 Å². The van der Waals surface area contributed by atoms with Crippen LogP contribution in [0.1, 0.15) is 18.1 Å². The summed E-state index contributed by atoms with van der Waals surface area (Å²) >= 11 is 0. The standard InChI is InChI=1S/C24H29N3O3/c1-3-19-8-4-6-10-21(19)25-23(28)18-26-14-16-27(17-15-26)24(29)13-12-20-9-5-7-11-22(20)30-2/h4-13H,3,14-18H2,1-2H3,(H,25,28)/b13-12+. The number of aryl methyl sites for hydroxylation is 1. The molecule has 2 aromatic rings. The summed E-state index contributed by atoms with van der Waals surface area (Å²) in [7, 11) is 1.62. The fraction of sp³-hybridized carbons (Fsp3) is 0.333. The van der Waals surface area contributed by atoms with Gasteiger partial charge in [0.05, 0.1) is 13.7 Å². The molecule has 0 saturated carbocycles. The summed E-state index contributed by atoms with van der Waals surface area (Å²) in [6.07, 6.45) is 4.24. The zero-order chi connectivity index (χ0) is 21.3. The summed E-state index contributed by atoms with van der Waals surface area (Å²) in [5.74, 6) is 0.690. The third kappa shape index (κ3) is 5.70. The largest absolute Gasteiger partial charge is 0.496 e. The lowest BCUT2D eigenvalue weighted by Gasteiger charge is -2.33. The van der Waals surface area contributed by atoms with Crippen LogP contribution in [0.25, 0.3) is 6.08 Å². The van der Waals surface area contributed by atoms with Crippen LogP contribution in [0.2, 0.25) is 0 Å². The molecule has 1 aliphatic heterocycles. The number of rotatable bonds is 7. The molecule has 1 saturated heterocycles. The van der Waals surface area contributed by atoms with E-state index in [4.69, 9.17) is 4.74 Å². The zero-order valence-electron chi connectivity index (χ0n) is 17.6. The molecule has 0 radical (unpaired) electrons. The van der Waals surface area contributed by atoms with Crippen LogP contribution in [0.5, 0.6) is 5.75 Å². The van der Waals surface area contributed by atoms with E-state index in [0.717, 1.165) is 29.0 Å². The minimum absolute atomic E-state index is 0.0215. The van der Waals surface area contributed by atoms with Crippen molar-refractivity contribution in [1.82, 2.24) is 9.80 Å². The molecule has 1 aliphatic rings. The van der Waals surface area contributed by atoms with Gasteiger partial charge in [0.1, 0.15) is 5.75 Å². The topological polar surface area (TPSA) is 61.9 Å². The molecule has 0 atom stereocenters. The molecular weight excluding hydrogens is 378 g/mol. The van der Waals surface area contributed by atoms with Gasteiger partial charge in [0.15, 0.2) is 0 Å². The molecule has 3 rings (SSSR count). The molecule has 6 nitrogen and oxygen atoms in total. The number of hydrogen-bond acceptors (Lipinski definition) is 4. The monoisotopic (exact) mass is 407 g/mol. The van der Waals surface area contributed by atoms with Gasteiger partial charge in [0.25, 0.3) is 0 Å². The van der Waals surface area contributed by atoms with Crippen LogP contribution in [0.15, 0.2) is 54.6 Å². The number of methoxy groups -OCH3 is 1. The first-order valence-electron chi connectivity index (χ1n) is 10.3. The Morgan fingerprint density at radius 1 is 1.03 bits per heavy atom. The molecule has 0 spiro atoms. The summed E-state index contributed by atoms with van der Waals surface area (Å²) in [6.45, 7) is 4.97. The van der Waals surface area contributed by atoms with Gasteiger partial charge in [-0.3, -0.25) is 14.5 Å². The minimum atomic E-state index is -0.0260. The van der Waals surface area contributed by atoms with Crippen LogP contribution in [0, 0.1) is 0 Å². The summed E-state index contributed by atoms with van der Waals surface area (Å²) in [4.78, 5) is 28.8. The third-order valence-electron chi connectivity index (χ3n) is 5.27. The van der Waals surface area contributed by atoms with Gasteiger partial charge in [0.2, 0.25) is 11.8 Å². The number of amides is 2. The van der Waals surface area contributed by atoms with Gasteiger partial charge in [0, 0.05) is 43.5 Å². The first-order chi connectivity index (χ1) is 14.6. The highest BCUT2D eigenvalue weighted by atomic mass is 16.5. The number of carbonyl (C=O) groups excluding carboxylic acids is 2. The molecule has 2 aromatic carbocycles. The molecule has 1 N–H and O–H groups in total. The van der Waals surface area contributed by atoms with E-state index in [1.165, 1.54) is 0 Å². The molecule has 0 unspecified atom stereocenters. The second kappa shape index (κ2) is 10.6. The van der Waals surface area contributed by atoms with Crippen LogP contribution in [0.4, 0.5) is 5.69 Å². The lowest BCUT2D eigenvalue weighted by atomic mass is 10.1. The molecule has 2 amide bonds. The minimum Gasteiger partial charge on any atom is -0.496 e. The Hall–Kier alpha value is -3.12. The number of anilines is 1. The lowest BCUT2D eigenvalue weighted by Crippen LogP contribution is -2.50. The SMILES string of the molecule is CCc1ccccc1NC(=O)CN1CCN(C(=O)/C=C/c2ccccc2OC)CC1. The van der Waals surface area contributed by atoms with Gasteiger partial charge < -0.3 is 15.0 Å². The highest BCUT2D eigenvalue weighted by Gasteiger charge is 2.21. The predicted molar refractivity (Wildman–Crippen MR) is 119 cm³/mol. The van der Waals surface area contributed by atoms with Crippen molar-refractivity contribution in [1.29, 1.82) is 0 Å². The Balaban J connectivity index is 1.48. The van der Waals surface area contributed by atoms with Crippen molar-refractivity contribution in [3.8, 4) is 5.75 Å². The number of para-hydroxylation sites is 2. The fourth-order valence-corrected chi connectivity index (χ4v) is 3.54. The molecule has 0 bridgehead atoms. The van der Waals surface area contributed by atoms with E-state index >= 15 is 0 Å². The van der Waals surface area contributed by atoms with Crippen molar-refractivity contribution in [2.75, 3.05) is 45.2 Å². The maximum Gasteiger partial charge on any atom is 0.246 e. The molecular formula is C24H29N3O3. The lowest BCUT2D eigenvalue weighted by molar-refractivity contribution is -0.127. The Bertz CT molecular complexity index is 902. The second-order valence-corrected chi connectivity index (χ2v) is 7.24. The summed E-state index contributed by atoms with van der Waals surface area (Å²) in [5.41, 5.74) is 2.87. The van der Waals surface area contributed by atoms with Gasteiger partial charge in [-0.05, 0) is 30.2 Å². The number of carbonyl (C=O) groups is 2. The quantitative estimate of drug-likeness (QED) is 0.717. The maximum absolute atomic E-state index is 12.5. The Morgan fingerprint density at radius 2 is 1.73 bits per heavy atom. The zero-order valence-corrected chi connectivity index (χ0v) is 17.6. The maximum atomic E-state index is 12.5. The van der Waals surface area contributed by atoms with Crippen molar-refractivity contribution in [3.05, 3.63) is 65.7 Å². The van der Waals surface area contributed by atoms with E-state index in [0.29, 0.717) is 32.7 Å². The molecule has 158 valence electrons. The second-order valence-electron chi connectivity index (χ2n) is 7.24. The predicted octanol–water partition coefficient (Wildman–Crippen LogP) is 3.05. The highest BCUT2D eigenvalue weighted by Crippen LogP contribution is 2.19. The van der Waals surface area contributed by atoms with E-state index < -0.39 is 0 Å². The van der Waals surface area contributed by atoms with Crippen LogP contribution in [-0.4, -0.2) is 61.4 Å². The number of ether oxygens (including phenoxy) is 1. The van der Waals surface area contributed by atoms with E-state index in [-0.39, 0.29) is 11.8 Å².